The minimum Gasteiger partial charge on any atom is -0.493 e. The van der Waals surface area contributed by atoms with Crippen molar-refractivity contribution in [2.45, 2.75) is 24.2 Å². The van der Waals surface area contributed by atoms with E-state index >= 15 is 0 Å². The third-order valence-corrected chi connectivity index (χ3v) is 7.45. The number of hydrogen-bond donors (Lipinski definition) is 1. The van der Waals surface area contributed by atoms with Gasteiger partial charge in [0.25, 0.3) is 5.91 Å². The van der Waals surface area contributed by atoms with E-state index in [0.717, 1.165) is 19.3 Å². The summed E-state index contributed by atoms with van der Waals surface area (Å²) in [6.45, 7) is 0.886. The Morgan fingerprint density at radius 1 is 0.912 bits per heavy atom. The largest absolute Gasteiger partial charge is 0.493 e. The summed E-state index contributed by atoms with van der Waals surface area (Å²) in [7, 11) is -2.27. The lowest BCUT2D eigenvalue weighted by molar-refractivity contribution is 0.102. The molecule has 4 rings (SSSR count). The number of hydrogen-bond acceptors (Lipinski definition) is 5. The molecule has 1 N–H and O–H groups in total. The number of piperidine rings is 1. The summed E-state index contributed by atoms with van der Waals surface area (Å²) < 4.78 is 53.3. The fourth-order valence-corrected chi connectivity index (χ4v) is 5.31. The molecule has 0 radical (unpaired) electrons. The molecule has 3 aromatic carbocycles. The molecule has 1 amide bonds. The molecule has 178 valence electrons. The molecule has 0 aromatic heterocycles. The van der Waals surface area contributed by atoms with Crippen LogP contribution in [0.15, 0.2) is 71.6 Å². The second-order valence-electron chi connectivity index (χ2n) is 7.81. The first-order valence-electron chi connectivity index (χ1n) is 10.9. The number of carbonyl (C=O) groups excluding carboxylic acids is 1. The molecule has 0 saturated carbocycles. The van der Waals surface area contributed by atoms with Crippen LogP contribution in [0, 0.1) is 5.82 Å². The number of para-hydroxylation sites is 2. The Hall–Kier alpha value is -3.43. The molecule has 3 aromatic rings. The number of ether oxygens (including phenoxy) is 2. The van der Waals surface area contributed by atoms with Crippen LogP contribution in [0.2, 0.25) is 0 Å². The number of benzene rings is 3. The van der Waals surface area contributed by atoms with Gasteiger partial charge >= 0.3 is 0 Å². The molecule has 0 aliphatic carbocycles. The van der Waals surface area contributed by atoms with Crippen molar-refractivity contribution in [1.82, 2.24) is 4.31 Å². The van der Waals surface area contributed by atoms with Crippen LogP contribution in [0.25, 0.3) is 0 Å². The van der Waals surface area contributed by atoms with E-state index in [1.807, 2.05) is 0 Å². The molecular formula is C25H25FN2O5S. The maximum Gasteiger partial charge on any atom is 0.258 e. The van der Waals surface area contributed by atoms with E-state index in [2.05, 4.69) is 5.32 Å². The Bertz CT molecular complexity index is 1290. The van der Waals surface area contributed by atoms with E-state index < -0.39 is 21.7 Å². The minimum atomic E-state index is -3.77. The summed E-state index contributed by atoms with van der Waals surface area (Å²) in [5.41, 5.74) is -0.0766. The van der Waals surface area contributed by atoms with Gasteiger partial charge in [-0.05, 0) is 55.3 Å². The van der Waals surface area contributed by atoms with Gasteiger partial charge in [0.15, 0.2) is 17.2 Å². The standard InChI is InChI=1S/C25H25FN2O5S/c1-32-23-11-5-6-12-24(23)33-22-14-13-18(34(30,31)28-15-7-2-8-16-28)17-21(22)27-25(29)19-9-3-4-10-20(19)26/h3-6,9-14,17H,2,7-8,15-16H2,1H3,(H,27,29). The van der Waals surface area contributed by atoms with E-state index in [1.54, 1.807) is 30.3 Å². The van der Waals surface area contributed by atoms with Crippen LogP contribution < -0.4 is 14.8 Å². The number of nitrogens with zero attached hydrogens (tertiary/aromatic N) is 1. The van der Waals surface area contributed by atoms with Gasteiger partial charge < -0.3 is 14.8 Å². The molecular weight excluding hydrogens is 459 g/mol. The summed E-state index contributed by atoms with van der Waals surface area (Å²) in [5, 5.41) is 2.61. The Morgan fingerprint density at radius 2 is 1.59 bits per heavy atom. The smallest absolute Gasteiger partial charge is 0.258 e. The second-order valence-corrected chi connectivity index (χ2v) is 9.75. The Morgan fingerprint density at radius 3 is 2.29 bits per heavy atom. The first kappa shape index (κ1) is 23.7. The van der Waals surface area contributed by atoms with E-state index in [4.69, 9.17) is 9.47 Å². The fourth-order valence-electron chi connectivity index (χ4n) is 3.77. The number of rotatable bonds is 7. The Kier molecular flexibility index (Phi) is 7.14. The van der Waals surface area contributed by atoms with E-state index in [-0.39, 0.29) is 21.9 Å². The third-order valence-electron chi connectivity index (χ3n) is 5.56. The number of anilines is 1. The summed E-state index contributed by atoms with van der Waals surface area (Å²) in [6, 6.07) is 16.7. The van der Waals surface area contributed by atoms with E-state index in [1.165, 1.54) is 47.8 Å². The predicted octanol–water partition coefficient (Wildman–Crippen LogP) is 5.05. The zero-order valence-electron chi connectivity index (χ0n) is 18.7. The lowest BCUT2D eigenvalue weighted by atomic mass is 10.2. The van der Waals surface area contributed by atoms with Gasteiger partial charge in [-0.3, -0.25) is 4.79 Å². The topological polar surface area (TPSA) is 84.9 Å². The van der Waals surface area contributed by atoms with Crippen molar-refractivity contribution >= 4 is 21.6 Å². The van der Waals surface area contributed by atoms with E-state index in [9.17, 15) is 17.6 Å². The average molecular weight is 485 g/mol. The lowest BCUT2D eigenvalue weighted by Gasteiger charge is -2.26. The molecule has 1 aliphatic rings. The van der Waals surface area contributed by atoms with Crippen molar-refractivity contribution in [3.63, 3.8) is 0 Å². The van der Waals surface area contributed by atoms with Gasteiger partial charge in [-0.25, -0.2) is 12.8 Å². The van der Waals surface area contributed by atoms with Crippen molar-refractivity contribution in [3.05, 3.63) is 78.1 Å². The Labute approximate surface area is 198 Å². The molecule has 0 spiro atoms. The SMILES string of the molecule is COc1ccccc1Oc1ccc(S(=O)(=O)N2CCCCC2)cc1NC(=O)c1ccccc1F. The monoisotopic (exact) mass is 484 g/mol. The summed E-state index contributed by atoms with van der Waals surface area (Å²) in [5.74, 6) is -0.400. The second kappa shape index (κ2) is 10.2. The highest BCUT2D eigenvalue weighted by Crippen LogP contribution is 2.37. The van der Waals surface area contributed by atoms with Gasteiger partial charge in [-0.1, -0.05) is 30.7 Å². The number of nitrogens with one attached hydrogen (secondary N) is 1. The maximum absolute atomic E-state index is 14.2. The summed E-state index contributed by atoms with van der Waals surface area (Å²) >= 11 is 0. The van der Waals surface area contributed by atoms with Crippen LogP contribution in [0.5, 0.6) is 17.2 Å². The molecule has 7 nitrogen and oxygen atoms in total. The zero-order chi connectivity index (χ0) is 24.1. The molecule has 1 fully saturated rings. The normalized spacial score (nSPS) is 14.4. The van der Waals surface area contributed by atoms with Crippen molar-refractivity contribution in [3.8, 4) is 17.2 Å². The first-order chi connectivity index (χ1) is 16.4. The lowest BCUT2D eigenvalue weighted by Crippen LogP contribution is -2.35. The van der Waals surface area contributed by atoms with Crippen molar-refractivity contribution in [2.75, 3.05) is 25.5 Å². The number of sulfonamides is 1. The fraction of sp³-hybridized carbons (Fsp3) is 0.240. The molecule has 9 heteroatoms. The molecule has 1 aliphatic heterocycles. The van der Waals surface area contributed by atoms with Crippen LogP contribution in [-0.2, 0) is 10.0 Å². The van der Waals surface area contributed by atoms with Gasteiger partial charge in [0, 0.05) is 13.1 Å². The first-order valence-corrected chi connectivity index (χ1v) is 12.3. The maximum atomic E-state index is 14.2. The molecule has 0 unspecified atom stereocenters. The van der Waals surface area contributed by atoms with Crippen molar-refractivity contribution < 1.29 is 27.1 Å². The van der Waals surface area contributed by atoms with Crippen LogP contribution in [0.1, 0.15) is 29.6 Å². The molecule has 0 atom stereocenters. The van der Waals surface area contributed by atoms with Crippen LogP contribution in [-0.4, -0.2) is 38.8 Å². The van der Waals surface area contributed by atoms with Gasteiger partial charge in [0.1, 0.15) is 5.82 Å². The van der Waals surface area contributed by atoms with Crippen LogP contribution in [0.4, 0.5) is 10.1 Å². The van der Waals surface area contributed by atoms with Crippen molar-refractivity contribution in [1.29, 1.82) is 0 Å². The quantitative estimate of drug-likeness (QED) is 0.507. The van der Waals surface area contributed by atoms with Gasteiger partial charge in [-0.2, -0.15) is 4.31 Å². The molecule has 0 bridgehead atoms. The highest BCUT2D eigenvalue weighted by atomic mass is 32.2. The highest BCUT2D eigenvalue weighted by Gasteiger charge is 2.27. The average Bonchev–Trinajstić information content (AvgIpc) is 2.86. The number of carbonyl (C=O) groups is 1. The van der Waals surface area contributed by atoms with Crippen LogP contribution >= 0.6 is 0 Å². The third kappa shape index (κ3) is 5.05. The Balaban J connectivity index is 1.73. The number of methoxy groups -OCH3 is 1. The number of halogens is 1. The summed E-state index contributed by atoms with van der Waals surface area (Å²) in [4.78, 5) is 12.9. The van der Waals surface area contributed by atoms with Gasteiger partial charge in [-0.15, -0.1) is 0 Å². The van der Waals surface area contributed by atoms with Gasteiger partial charge in [0.05, 0.1) is 23.3 Å². The van der Waals surface area contributed by atoms with Gasteiger partial charge in [0.2, 0.25) is 10.0 Å². The molecule has 34 heavy (non-hydrogen) atoms. The predicted molar refractivity (Wildman–Crippen MR) is 126 cm³/mol. The summed E-state index contributed by atoms with van der Waals surface area (Å²) in [6.07, 6.45) is 2.58. The highest BCUT2D eigenvalue weighted by molar-refractivity contribution is 7.89. The molecule has 1 heterocycles. The van der Waals surface area contributed by atoms with Crippen LogP contribution in [0.3, 0.4) is 0 Å². The molecule has 1 saturated heterocycles. The van der Waals surface area contributed by atoms with E-state index in [0.29, 0.717) is 24.6 Å². The van der Waals surface area contributed by atoms with Crippen molar-refractivity contribution in [2.24, 2.45) is 0 Å². The number of amides is 1. The minimum absolute atomic E-state index is 0.0191. The zero-order valence-corrected chi connectivity index (χ0v) is 19.5.